The van der Waals surface area contributed by atoms with Gasteiger partial charge in [0.25, 0.3) is 5.91 Å². The van der Waals surface area contributed by atoms with Gasteiger partial charge in [-0.25, -0.2) is 5.43 Å². The van der Waals surface area contributed by atoms with Crippen LogP contribution in [0, 0.1) is 0 Å². The lowest BCUT2D eigenvalue weighted by molar-refractivity contribution is 0.0955. The van der Waals surface area contributed by atoms with Gasteiger partial charge >= 0.3 is 0 Å². The topological polar surface area (TPSA) is 41.5 Å². The van der Waals surface area contributed by atoms with Gasteiger partial charge in [0.1, 0.15) is 0 Å². The van der Waals surface area contributed by atoms with Gasteiger partial charge in [0, 0.05) is 10.3 Å². The highest BCUT2D eigenvalue weighted by molar-refractivity contribution is 7.18. The summed E-state index contributed by atoms with van der Waals surface area (Å²) in [6, 6.07) is 5.70. The average Bonchev–Trinajstić information content (AvgIpc) is 3.11. The van der Waals surface area contributed by atoms with Crippen molar-refractivity contribution in [2.45, 2.75) is 33.1 Å². The molecule has 2 heterocycles. The van der Waals surface area contributed by atoms with E-state index in [1.54, 1.807) is 11.3 Å². The van der Waals surface area contributed by atoms with Crippen LogP contribution in [-0.4, -0.2) is 11.6 Å². The van der Waals surface area contributed by atoms with Gasteiger partial charge in [0.05, 0.1) is 20.5 Å². The maximum atomic E-state index is 12.1. The molecule has 3 nitrogen and oxygen atoms in total. The minimum Gasteiger partial charge on any atom is -0.267 e. The zero-order valence-corrected chi connectivity index (χ0v) is 14.4. The Bertz CT molecular complexity index is 646. The number of thiophene rings is 2. The Kier molecular flexibility index (Phi) is 5.96. The third-order valence-corrected chi connectivity index (χ3v) is 5.26. The largest absolute Gasteiger partial charge is 0.272 e. The lowest BCUT2D eigenvalue weighted by Gasteiger charge is -2.03. The lowest BCUT2D eigenvalue weighted by Crippen LogP contribution is -2.19. The summed E-state index contributed by atoms with van der Waals surface area (Å²) < 4.78 is 0.727. The molecular weight excluding hydrogens is 324 g/mol. The molecule has 0 spiro atoms. The van der Waals surface area contributed by atoms with Crippen LogP contribution >= 0.6 is 34.3 Å². The molecule has 0 atom stereocenters. The molecule has 112 valence electrons. The molecule has 0 radical (unpaired) electrons. The minimum atomic E-state index is -0.165. The van der Waals surface area contributed by atoms with Gasteiger partial charge in [0.2, 0.25) is 0 Å². The van der Waals surface area contributed by atoms with Crippen molar-refractivity contribution < 1.29 is 4.79 Å². The van der Waals surface area contributed by atoms with E-state index in [2.05, 4.69) is 24.4 Å². The van der Waals surface area contributed by atoms with Crippen molar-refractivity contribution in [3.05, 3.63) is 43.2 Å². The molecule has 6 heteroatoms. The van der Waals surface area contributed by atoms with E-state index in [1.165, 1.54) is 16.2 Å². The highest BCUT2D eigenvalue weighted by atomic mass is 35.5. The molecule has 2 aromatic heterocycles. The standard InChI is InChI=1S/C15H17ClN2OS2/c1-3-5-12(13-6-7-14(16)21-13)17-18-15(19)10-8-11(4-2)20-9-10/h6-9H,3-5H2,1-2H3,(H,18,19)/b17-12+. The monoisotopic (exact) mass is 340 g/mol. The molecular formula is C15H17ClN2OS2. The molecule has 2 rings (SSSR count). The van der Waals surface area contributed by atoms with E-state index < -0.39 is 0 Å². The Balaban J connectivity index is 2.10. The SMILES string of the molecule is CCC/C(=N\NC(=O)c1csc(CC)c1)c1ccc(Cl)s1. The number of hydrogen-bond donors (Lipinski definition) is 1. The normalized spacial score (nSPS) is 11.7. The van der Waals surface area contributed by atoms with E-state index in [1.807, 2.05) is 23.6 Å². The first kappa shape index (κ1) is 16.2. The number of carbonyl (C=O) groups is 1. The molecule has 2 aromatic rings. The van der Waals surface area contributed by atoms with E-state index in [-0.39, 0.29) is 5.91 Å². The molecule has 0 aromatic carbocycles. The Morgan fingerprint density at radius 2 is 2.19 bits per heavy atom. The van der Waals surface area contributed by atoms with Crippen molar-refractivity contribution in [3.8, 4) is 0 Å². The van der Waals surface area contributed by atoms with Crippen molar-refractivity contribution in [2.24, 2.45) is 5.10 Å². The number of nitrogens with zero attached hydrogens (tertiary/aromatic N) is 1. The van der Waals surface area contributed by atoms with Crippen molar-refractivity contribution in [1.29, 1.82) is 0 Å². The molecule has 0 saturated heterocycles. The Labute approximate surface area is 137 Å². The molecule has 0 aliphatic carbocycles. The third-order valence-electron chi connectivity index (χ3n) is 2.90. The molecule has 0 bridgehead atoms. The number of amides is 1. The van der Waals surface area contributed by atoms with Gasteiger partial charge in [0.15, 0.2) is 0 Å². The van der Waals surface area contributed by atoms with Crippen LogP contribution in [0.3, 0.4) is 0 Å². The summed E-state index contributed by atoms with van der Waals surface area (Å²) in [5, 5.41) is 6.15. The molecule has 0 fully saturated rings. The number of halogens is 1. The van der Waals surface area contributed by atoms with Crippen LogP contribution in [0.1, 0.15) is 46.8 Å². The molecule has 0 unspecified atom stereocenters. The predicted octanol–water partition coefficient (Wildman–Crippen LogP) is 4.96. The van der Waals surface area contributed by atoms with Crippen molar-refractivity contribution >= 4 is 45.9 Å². The van der Waals surface area contributed by atoms with Crippen LogP contribution in [0.15, 0.2) is 28.7 Å². The number of rotatable bonds is 6. The lowest BCUT2D eigenvalue weighted by atomic mass is 10.2. The molecule has 1 amide bonds. The zero-order valence-electron chi connectivity index (χ0n) is 12.0. The van der Waals surface area contributed by atoms with Crippen LogP contribution in [0.2, 0.25) is 4.34 Å². The van der Waals surface area contributed by atoms with E-state index in [0.29, 0.717) is 5.56 Å². The molecule has 0 saturated carbocycles. The van der Waals surface area contributed by atoms with Gasteiger partial charge in [-0.2, -0.15) is 5.10 Å². The number of carbonyl (C=O) groups excluding carboxylic acids is 1. The molecule has 1 N–H and O–H groups in total. The van der Waals surface area contributed by atoms with Crippen LogP contribution in [-0.2, 0) is 6.42 Å². The van der Waals surface area contributed by atoms with Crippen molar-refractivity contribution in [3.63, 3.8) is 0 Å². The Morgan fingerprint density at radius 1 is 1.38 bits per heavy atom. The fourth-order valence-corrected chi connectivity index (χ4v) is 3.68. The fraction of sp³-hybridized carbons (Fsp3) is 0.333. The minimum absolute atomic E-state index is 0.165. The number of nitrogens with one attached hydrogen (secondary N) is 1. The van der Waals surface area contributed by atoms with Gasteiger partial charge in [-0.15, -0.1) is 22.7 Å². The second-order valence-electron chi connectivity index (χ2n) is 4.51. The highest BCUT2D eigenvalue weighted by Crippen LogP contribution is 2.23. The van der Waals surface area contributed by atoms with Crippen molar-refractivity contribution in [1.82, 2.24) is 5.43 Å². The predicted molar refractivity (Wildman–Crippen MR) is 91.9 cm³/mol. The van der Waals surface area contributed by atoms with Crippen molar-refractivity contribution in [2.75, 3.05) is 0 Å². The summed E-state index contributed by atoms with van der Waals surface area (Å²) in [6.45, 7) is 4.16. The first-order chi connectivity index (χ1) is 10.1. The average molecular weight is 341 g/mol. The van der Waals surface area contributed by atoms with E-state index in [4.69, 9.17) is 11.6 Å². The maximum absolute atomic E-state index is 12.1. The second kappa shape index (κ2) is 7.73. The summed E-state index contributed by atoms with van der Waals surface area (Å²) >= 11 is 9.03. The van der Waals surface area contributed by atoms with E-state index in [9.17, 15) is 4.79 Å². The Hall–Kier alpha value is -1.17. The number of aryl methyl sites for hydroxylation is 1. The third kappa shape index (κ3) is 4.40. The van der Waals surface area contributed by atoms with Gasteiger partial charge in [-0.1, -0.05) is 31.9 Å². The fourth-order valence-electron chi connectivity index (χ4n) is 1.81. The molecule has 0 aliphatic heterocycles. The summed E-state index contributed by atoms with van der Waals surface area (Å²) in [6.07, 6.45) is 2.71. The molecule has 0 aliphatic rings. The van der Waals surface area contributed by atoms with Crippen LogP contribution < -0.4 is 5.43 Å². The first-order valence-corrected chi connectivity index (χ1v) is 8.91. The van der Waals surface area contributed by atoms with E-state index >= 15 is 0 Å². The van der Waals surface area contributed by atoms with Gasteiger partial charge < -0.3 is 0 Å². The summed E-state index contributed by atoms with van der Waals surface area (Å²) in [5.41, 5.74) is 4.18. The quantitative estimate of drug-likeness (QED) is 0.586. The zero-order chi connectivity index (χ0) is 15.2. The summed E-state index contributed by atoms with van der Waals surface area (Å²) in [7, 11) is 0. The maximum Gasteiger partial charge on any atom is 0.272 e. The second-order valence-corrected chi connectivity index (χ2v) is 7.22. The van der Waals surface area contributed by atoms with Gasteiger partial charge in [-0.05, 0) is 31.0 Å². The summed E-state index contributed by atoms with van der Waals surface area (Å²) in [4.78, 5) is 14.3. The van der Waals surface area contributed by atoms with Crippen LogP contribution in [0.4, 0.5) is 0 Å². The summed E-state index contributed by atoms with van der Waals surface area (Å²) in [5.74, 6) is -0.165. The van der Waals surface area contributed by atoms with E-state index in [0.717, 1.165) is 34.2 Å². The van der Waals surface area contributed by atoms with Crippen LogP contribution in [0.25, 0.3) is 0 Å². The number of hydrazone groups is 1. The molecule has 21 heavy (non-hydrogen) atoms. The highest BCUT2D eigenvalue weighted by Gasteiger charge is 2.10. The van der Waals surface area contributed by atoms with Crippen LogP contribution in [0.5, 0.6) is 0 Å². The Morgan fingerprint density at radius 3 is 2.76 bits per heavy atom. The first-order valence-electron chi connectivity index (χ1n) is 6.84. The smallest absolute Gasteiger partial charge is 0.267 e. The number of hydrogen-bond acceptors (Lipinski definition) is 4. The van der Waals surface area contributed by atoms with Gasteiger partial charge in [-0.3, -0.25) is 4.79 Å².